The summed E-state index contributed by atoms with van der Waals surface area (Å²) in [5, 5.41) is 11.1. The van der Waals surface area contributed by atoms with E-state index >= 15 is 0 Å². The molecule has 56 valence electrons. The van der Waals surface area contributed by atoms with E-state index in [-0.39, 0.29) is 6.10 Å². The Morgan fingerprint density at radius 2 is 2.60 bits per heavy atom. The summed E-state index contributed by atoms with van der Waals surface area (Å²) in [5.41, 5.74) is 5.21. The second-order valence-electron chi connectivity index (χ2n) is 2.06. The molecule has 0 radical (unpaired) electrons. The molecule has 0 spiro atoms. The van der Waals surface area contributed by atoms with Crippen LogP contribution in [0.25, 0.3) is 0 Å². The molecule has 1 atom stereocenters. The molecule has 1 fully saturated rings. The van der Waals surface area contributed by atoms with E-state index in [0.717, 1.165) is 0 Å². The number of amides is 1. The minimum Gasteiger partial charge on any atom is -0.440 e. The molecule has 0 saturated heterocycles. The van der Waals surface area contributed by atoms with Gasteiger partial charge in [0.25, 0.3) is 0 Å². The van der Waals surface area contributed by atoms with E-state index in [0.29, 0.717) is 18.6 Å². The maximum Gasteiger partial charge on any atom is 0.405 e. The number of oxime groups is 1. The van der Waals surface area contributed by atoms with E-state index in [2.05, 4.69) is 9.89 Å². The van der Waals surface area contributed by atoms with Gasteiger partial charge in [-0.1, -0.05) is 5.16 Å². The van der Waals surface area contributed by atoms with Gasteiger partial charge in [-0.25, -0.2) is 4.79 Å². The maximum atomic E-state index is 10.1. The average molecular weight is 144 g/mol. The first-order valence-electron chi connectivity index (χ1n) is 2.91. The van der Waals surface area contributed by atoms with Crippen LogP contribution in [0.1, 0.15) is 12.8 Å². The van der Waals surface area contributed by atoms with Crippen molar-refractivity contribution in [3.63, 3.8) is 0 Å². The lowest BCUT2D eigenvalue weighted by Gasteiger charge is -2.25. The minimum atomic E-state index is -0.828. The van der Waals surface area contributed by atoms with Crippen molar-refractivity contribution in [2.45, 2.75) is 18.9 Å². The van der Waals surface area contributed by atoms with E-state index in [1.54, 1.807) is 0 Å². The second kappa shape index (κ2) is 2.55. The molecule has 5 heteroatoms. The van der Waals surface area contributed by atoms with Gasteiger partial charge in [-0.05, 0) is 12.8 Å². The van der Waals surface area contributed by atoms with Crippen molar-refractivity contribution < 1.29 is 14.7 Å². The van der Waals surface area contributed by atoms with Gasteiger partial charge in [0.1, 0.15) is 6.10 Å². The molecular weight excluding hydrogens is 136 g/mol. The highest BCUT2D eigenvalue weighted by molar-refractivity contribution is 5.94. The predicted molar refractivity (Wildman–Crippen MR) is 32.9 cm³/mol. The van der Waals surface area contributed by atoms with Crippen LogP contribution in [0.3, 0.4) is 0 Å². The topological polar surface area (TPSA) is 84.9 Å². The summed E-state index contributed by atoms with van der Waals surface area (Å²) >= 11 is 0. The molecule has 0 heterocycles. The lowest BCUT2D eigenvalue weighted by molar-refractivity contribution is 0.118. The van der Waals surface area contributed by atoms with Crippen LogP contribution in [0.5, 0.6) is 0 Å². The van der Waals surface area contributed by atoms with Crippen LogP contribution in [0.2, 0.25) is 0 Å². The fraction of sp³-hybridized carbons (Fsp3) is 0.600. The van der Waals surface area contributed by atoms with Crippen LogP contribution >= 0.6 is 0 Å². The first-order valence-corrected chi connectivity index (χ1v) is 2.91. The summed E-state index contributed by atoms with van der Waals surface area (Å²) in [6.45, 7) is 0. The van der Waals surface area contributed by atoms with Crippen LogP contribution in [0, 0.1) is 0 Å². The normalized spacial score (nSPS) is 27.6. The van der Waals surface area contributed by atoms with Gasteiger partial charge >= 0.3 is 6.09 Å². The zero-order valence-corrected chi connectivity index (χ0v) is 5.28. The molecule has 1 aliphatic carbocycles. The molecule has 0 aromatic rings. The maximum absolute atomic E-state index is 10.1. The Labute approximate surface area is 57.5 Å². The van der Waals surface area contributed by atoms with Gasteiger partial charge in [0.15, 0.2) is 0 Å². The molecule has 3 N–H and O–H groups in total. The Morgan fingerprint density at radius 3 is 2.90 bits per heavy atom. The molecule has 10 heavy (non-hydrogen) atoms. The Bertz CT molecular complexity index is 178. The van der Waals surface area contributed by atoms with Crippen molar-refractivity contribution in [2.75, 3.05) is 0 Å². The summed E-state index contributed by atoms with van der Waals surface area (Å²) in [7, 11) is 0. The third-order valence-electron chi connectivity index (χ3n) is 1.42. The van der Waals surface area contributed by atoms with E-state index in [9.17, 15) is 4.79 Å². The first-order chi connectivity index (χ1) is 4.74. The van der Waals surface area contributed by atoms with E-state index in [4.69, 9.17) is 10.9 Å². The monoisotopic (exact) mass is 144 g/mol. The van der Waals surface area contributed by atoms with Gasteiger partial charge in [-0.3, -0.25) is 0 Å². The van der Waals surface area contributed by atoms with Gasteiger partial charge < -0.3 is 15.7 Å². The average Bonchev–Trinajstić information content (AvgIpc) is 1.82. The van der Waals surface area contributed by atoms with Crippen molar-refractivity contribution >= 4 is 11.8 Å². The summed E-state index contributed by atoms with van der Waals surface area (Å²) in [6, 6.07) is 0. The number of ether oxygens (including phenoxy) is 1. The second-order valence-corrected chi connectivity index (χ2v) is 2.06. The van der Waals surface area contributed by atoms with Gasteiger partial charge in [0, 0.05) is 0 Å². The molecule has 0 aliphatic heterocycles. The molecule has 0 aromatic heterocycles. The Kier molecular flexibility index (Phi) is 1.75. The summed E-state index contributed by atoms with van der Waals surface area (Å²) < 4.78 is 4.54. The molecule has 0 aromatic carbocycles. The summed E-state index contributed by atoms with van der Waals surface area (Å²) in [5.74, 6) is 0. The predicted octanol–water partition coefficient (Wildman–Crippen LogP) is 0.0743. The number of carbonyl (C=O) groups excluding carboxylic acids is 1. The van der Waals surface area contributed by atoms with Crippen molar-refractivity contribution in [1.29, 1.82) is 0 Å². The van der Waals surface area contributed by atoms with Crippen LogP contribution in [0.4, 0.5) is 4.79 Å². The largest absolute Gasteiger partial charge is 0.440 e. The van der Waals surface area contributed by atoms with Gasteiger partial charge in [-0.2, -0.15) is 0 Å². The smallest absolute Gasteiger partial charge is 0.405 e. The van der Waals surface area contributed by atoms with Crippen molar-refractivity contribution in [2.24, 2.45) is 10.9 Å². The van der Waals surface area contributed by atoms with Crippen molar-refractivity contribution in [3.8, 4) is 0 Å². The minimum absolute atomic E-state index is 0.387. The quantitative estimate of drug-likeness (QED) is 0.403. The molecule has 1 amide bonds. The molecule has 5 nitrogen and oxygen atoms in total. The van der Waals surface area contributed by atoms with Crippen LogP contribution in [-0.2, 0) is 4.74 Å². The highest BCUT2D eigenvalue weighted by atomic mass is 16.6. The van der Waals surface area contributed by atoms with E-state index in [1.165, 1.54) is 0 Å². The van der Waals surface area contributed by atoms with E-state index < -0.39 is 6.09 Å². The van der Waals surface area contributed by atoms with E-state index in [1.807, 2.05) is 0 Å². The lowest BCUT2D eigenvalue weighted by atomic mass is 9.93. The number of hydrogen-bond acceptors (Lipinski definition) is 4. The Morgan fingerprint density at radius 1 is 1.90 bits per heavy atom. The number of primary amides is 1. The van der Waals surface area contributed by atoms with Gasteiger partial charge in [0.05, 0.1) is 5.71 Å². The molecule has 0 bridgehead atoms. The molecular formula is C5H8N2O3. The van der Waals surface area contributed by atoms with Gasteiger partial charge in [-0.15, -0.1) is 0 Å². The molecule has 1 aliphatic rings. The summed E-state index contributed by atoms with van der Waals surface area (Å²) in [4.78, 5) is 10.1. The third kappa shape index (κ3) is 1.18. The summed E-state index contributed by atoms with van der Waals surface area (Å²) in [6.07, 6.45) is 0.157. The number of hydrogen-bond donors (Lipinski definition) is 2. The van der Waals surface area contributed by atoms with Crippen molar-refractivity contribution in [1.82, 2.24) is 0 Å². The zero-order valence-electron chi connectivity index (χ0n) is 5.28. The SMILES string of the molecule is NC(=O)OC1CC/C1=N\O. The van der Waals surface area contributed by atoms with Crippen LogP contribution in [-0.4, -0.2) is 23.1 Å². The number of carbonyl (C=O) groups is 1. The molecule has 1 rings (SSSR count). The fourth-order valence-corrected chi connectivity index (χ4v) is 0.773. The number of rotatable bonds is 1. The number of nitrogens with zero attached hydrogens (tertiary/aromatic N) is 1. The highest BCUT2D eigenvalue weighted by Gasteiger charge is 2.29. The first kappa shape index (κ1) is 6.85. The van der Waals surface area contributed by atoms with Crippen LogP contribution in [0.15, 0.2) is 5.16 Å². The third-order valence-corrected chi connectivity index (χ3v) is 1.42. The lowest BCUT2D eigenvalue weighted by Crippen LogP contribution is -2.37. The zero-order chi connectivity index (χ0) is 7.56. The standard InChI is InChI=1S/C5H8N2O3/c6-5(8)10-4-2-1-3(4)7-9/h4,9H,1-2H2,(H2,6,8)/b7-3+. The van der Waals surface area contributed by atoms with Crippen LogP contribution < -0.4 is 5.73 Å². The Balaban J connectivity index is 2.37. The highest BCUT2D eigenvalue weighted by Crippen LogP contribution is 2.19. The van der Waals surface area contributed by atoms with Crippen molar-refractivity contribution in [3.05, 3.63) is 0 Å². The van der Waals surface area contributed by atoms with Gasteiger partial charge in [0.2, 0.25) is 0 Å². The molecule has 1 saturated carbocycles. The number of nitrogens with two attached hydrogens (primary N) is 1. The fourth-order valence-electron chi connectivity index (χ4n) is 0.773. The molecule has 1 unspecified atom stereocenters. The Hall–Kier alpha value is -1.26.